The fourth-order valence-corrected chi connectivity index (χ4v) is 5.23. The first kappa shape index (κ1) is 27.2. The summed E-state index contributed by atoms with van der Waals surface area (Å²) in [5, 5.41) is 22.2. The largest absolute Gasteiger partial charge is 0.511 e. The molecule has 2 saturated carbocycles. The molecule has 2 aliphatic carbocycles. The third-order valence-electron chi connectivity index (χ3n) is 6.92. The second-order valence-corrected chi connectivity index (χ2v) is 11.8. The average Bonchev–Trinajstić information content (AvgIpc) is 2.82. The summed E-state index contributed by atoms with van der Waals surface area (Å²) in [6.07, 6.45) is 1.71. The van der Waals surface area contributed by atoms with Gasteiger partial charge < -0.3 is 10.2 Å². The van der Waals surface area contributed by atoms with E-state index in [1.165, 1.54) is 0 Å². The van der Waals surface area contributed by atoms with Gasteiger partial charge in [0.15, 0.2) is 11.6 Å². The molecule has 0 unspecified atom stereocenters. The van der Waals surface area contributed by atoms with Crippen molar-refractivity contribution in [2.75, 3.05) is 0 Å². The number of aliphatic hydroxyl groups is 2. The molecule has 6 heteroatoms. The summed E-state index contributed by atoms with van der Waals surface area (Å²) in [5.74, 6) is -0.556. The summed E-state index contributed by atoms with van der Waals surface area (Å²) in [6.45, 7) is 8.05. The van der Waals surface area contributed by atoms with Crippen LogP contribution in [-0.2, 0) is 9.59 Å². The number of ketones is 2. The number of allylic oxidation sites excluding steroid dienone is 4. The molecule has 0 atom stereocenters. The Morgan fingerprint density at radius 3 is 1.32 bits per heavy atom. The number of nitrogens with zero attached hydrogens (tertiary/aromatic N) is 2. The van der Waals surface area contributed by atoms with Gasteiger partial charge in [0, 0.05) is 25.7 Å². The highest BCUT2D eigenvalue weighted by Gasteiger charge is 2.38. The minimum absolute atomic E-state index is 0.0138. The van der Waals surface area contributed by atoms with Gasteiger partial charge in [0.1, 0.15) is 11.5 Å². The minimum Gasteiger partial charge on any atom is -0.511 e. The summed E-state index contributed by atoms with van der Waals surface area (Å²) in [4.78, 5) is 35.7. The fraction of sp³-hybridized carbons (Fsp3) is 0.375. The van der Waals surface area contributed by atoms with Crippen LogP contribution in [0.15, 0.2) is 93.3 Å². The topological polar surface area (TPSA) is 99.3 Å². The van der Waals surface area contributed by atoms with Gasteiger partial charge in [-0.25, -0.2) is 0 Å². The van der Waals surface area contributed by atoms with Crippen molar-refractivity contribution >= 4 is 34.4 Å². The van der Waals surface area contributed by atoms with Crippen molar-refractivity contribution in [2.45, 2.75) is 66.2 Å². The summed E-state index contributed by atoms with van der Waals surface area (Å²) in [6, 6.07) is 18.7. The molecule has 2 N–H and O–H groups in total. The Labute approximate surface area is 224 Å². The van der Waals surface area contributed by atoms with Gasteiger partial charge in [-0.15, -0.1) is 0 Å². The molecule has 0 bridgehead atoms. The average molecular weight is 513 g/mol. The predicted molar refractivity (Wildman–Crippen MR) is 152 cm³/mol. The molecule has 0 aliphatic heterocycles. The second-order valence-electron chi connectivity index (χ2n) is 11.8. The molecule has 2 aromatic rings. The van der Waals surface area contributed by atoms with Crippen molar-refractivity contribution < 1.29 is 19.8 Å². The Hall–Kier alpha value is -3.80. The van der Waals surface area contributed by atoms with Crippen molar-refractivity contribution in [2.24, 2.45) is 20.8 Å². The smallest absolute Gasteiger partial charge is 0.168 e. The monoisotopic (exact) mass is 512 g/mol. The van der Waals surface area contributed by atoms with E-state index in [0.29, 0.717) is 48.5 Å². The Morgan fingerprint density at radius 1 is 0.632 bits per heavy atom. The number of Topliss-reactive ketones (excluding diaryl/α,β-unsaturated/α-hetero) is 2. The van der Waals surface area contributed by atoms with E-state index in [4.69, 9.17) is 9.98 Å². The standard InChI is InChI=1S/C32H36N2O4/c1-31(2)17-23(33-21-11-7-5-8-12-21)29(27(37)19-31)25(35)15-16-26(36)30-24(18-32(3,4)20-28(30)38)34-22-13-9-6-10-14-22/h5-14,35-36H,15-20H2,1-4H3/b29-25+,30-26+,33-23?,34-24?. The van der Waals surface area contributed by atoms with Gasteiger partial charge in [0.2, 0.25) is 0 Å². The number of carbonyl (C=O) groups excluding carboxylic acids is 2. The van der Waals surface area contributed by atoms with Gasteiger partial charge in [-0.1, -0.05) is 64.1 Å². The summed E-state index contributed by atoms with van der Waals surface area (Å²) in [5.41, 5.74) is 2.40. The van der Waals surface area contributed by atoms with Crippen LogP contribution in [0.4, 0.5) is 11.4 Å². The minimum atomic E-state index is -0.275. The van der Waals surface area contributed by atoms with Crippen LogP contribution in [0.3, 0.4) is 0 Å². The van der Waals surface area contributed by atoms with Crippen LogP contribution < -0.4 is 0 Å². The van der Waals surface area contributed by atoms with E-state index in [2.05, 4.69) is 0 Å². The van der Waals surface area contributed by atoms with Gasteiger partial charge in [-0.2, -0.15) is 0 Å². The third-order valence-corrected chi connectivity index (χ3v) is 6.92. The van der Waals surface area contributed by atoms with Gasteiger partial charge in [-0.3, -0.25) is 19.6 Å². The number of carbonyl (C=O) groups is 2. The zero-order chi connectivity index (χ0) is 27.5. The molecule has 38 heavy (non-hydrogen) atoms. The van der Waals surface area contributed by atoms with Crippen LogP contribution in [0.5, 0.6) is 0 Å². The van der Waals surface area contributed by atoms with Gasteiger partial charge in [-0.05, 0) is 47.9 Å². The van der Waals surface area contributed by atoms with E-state index < -0.39 is 0 Å². The Morgan fingerprint density at radius 2 is 0.974 bits per heavy atom. The number of rotatable bonds is 5. The zero-order valence-electron chi connectivity index (χ0n) is 22.6. The van der Waals surface area contributed by atoms with Gasteiger partial charge in [0.25, 0.3) is 0 Å². The maximum absolute atomic E-state index is 13.1. The van der Waals surface area contributed by atoms with Crippen LogP contribution in [-0.4, -0.2) is 33.2 Å². The van der Waals surface area contributed by atoms with Crippen molar-refractivity contribution in [1.29, 1.82) is 0 Å². The zero-order valence-corrected chi connectivity index (χ0v) is 22.6. The van der Waals surface area contributed by atoms with E-state index in [1.54, 1.807) is 0 Å². The molecule has 0 amide bonds. The molecule has 0 radical (unpaired) electrons. The number of benzene rings is 2. The molecule has 2 aromatic carbocycles. The molecule has 0 aromatic heterocycles. The SMILES string of the molecule is CC1(C)CC(=O)/C(=C(/O)CC/C(O)=C2\C(=O)CC(C)(C)CC2=Nc2ccccc2)C(=Nc2ccccc2)C1. The first-order chi connectivity index (χ1) is 17.9. The van der Waals surface area contributed by atoms with Crippen molar-refractivity contribution in [3.63, 3.8) is 0 Å². The summed E-state index contributed by atoms with van der Waals surface area (Å²) >= 11 is 0. The maximum Gasteiger partial charge on any atom is 0.168 e. The van der Waals surface area contributed by atoms with Crippen LogP contribution in [0, 0.1) is 10.8 Å². The molecular formula is C32H36N2O4. The lowest BCUT2D eigenvalue weighted by Gasteiger charge is -2.32. The molecule has 0 heterocycles. The molecule has 6 nitrogen and oxygen atoms in total. The fourth-order valence-electron chi connectivity index (χ4n) is 5.23. The van der Waals surface area contributed by atoms with Crippen LogP contribution in [0.2, 0.25) is 0 Å². The maximum atomic E-state index is 13.1. The van der Waals surface area contributed by atoms with Crippen LogP contribution in [0.25, 0.3) is 0 Å². The van der Waals surface area contributed by atoms with Gasteiger partial charge >= 0.3 is 0 Å². The van der Waals surface area contributed by atoms with E-state index in [-0.39, 0.29) is 57.9 Å². The molecule has 2 aliphatic rings. The molecule has 198 valence electrons. The molecule has 2 fully saturated rings. The Balaban J connectivity index is 1.67. The first-order valence-electron chi connectivity index (χ1n) is 13.1. The van der Waals surface area contributed by atoms with Crippen LogP contribution in [0.1, 0.15) is 66.2 Å². The molecule has 4 rings (SSSR count). The number of para-hydroxylation sites is 2. The van der Waals surface area contributed by atoms with Crippen molar-refractivity contribution in [3.05, 3.63) is 83.3 Å². The molecular weight excluding hydrogens is 476 g/mol. The summed E-state index contributed by atoms with van der Waals surface area (Å²) in [7, 11) is 0. The Kier molecular flexibility index (Phi) is 7.81. The third kappa shape index (κ3) is 6.55. The normalized spacial score (nSPS) is 24.0. The van der Waals surface area contributed by atoms with Crippen LogP contribution >= 0.6 is 0 Å². The lowest BCUT2D eigenvalue weighted by Crippen LogP contribution is -2.33. The van der Waals surface area contributed by atoms with E-state index in [9.17, 15) is 19.8 Å². The van der Waals surface area contributed by atoms with Gasteiger partial charge in [0.05, 0.1) is 33.9 Å². The number of hydrogen-bond donors (Lipinski definition) is 2. The lowest BCUT2D eigenvalue weighted by atomic mass is 9.72. The molecule has 0 spiro atoms. The molecule has 0 saturated heterocycles. The number of aliphatic imine (C=N–C) groups is 2. The first-order valence-corrected chi connectivity index (χ1v) is 13.1. The Bertz CT molecular complexity index is 1240. The highest BCUT2D eigenvalue weighted by atomic mass is 16.3. The lowest BCUT2D eigenvalue weighted by molar-refractivity contribution is -0.118. The van der Waals surface area contributed by atoms with Crippen molar-refractivity contribution in [3.8, 4) is 0 Å². The van der Waals surface area contributed by atoms with Crippen molar-refractivity contribution in [1.82, 2.24) is 0 Å². The highest BCUT2D eigenvalue weighted by molar-refractivity contribution is 6.26. The highest BCUT2D eigenvalue weighted by Crippen LogP contribution is 2.39. The quantitative estimate of drug-likeness (QED) is 0.316. The number of aliphatic hydroxyl groups excluding tert-OH is 2. The number of hydrogen-bond acceptors (Lipinski definition) is 6. The van der Waals surface area contributed by atoms with E-state index in [1.807, 2.05) is 88.4 Å². The summed E-state index contributed by atoms with van der Waals surface area (Å²) < 4.78 is 0. The van der Waals surface area contributed by atoms with E-state index >= 15 is 0 Å². The second kappa shape index (κ2) is 10.9. The predicted octanol–water partition coefficient (Wildman–Crippen LogP) is 7.71. The van der Waals surface area contributed by atoms with E-state index in [0.717, 1.165) is 0 Å².